The molecule has 32 heavy (non-hydrogen) atoms. The van der Waals surface area contributed by atoms with E-state index in [0.717, 1.165) is 12.0 Å². The van der Waals surface area contributed by atoms with Gasteiger partial charge >= 0.3 is 16.1 Å². The van der Waals surface area contributed by atoms with E-state index in [1.165, 1.54) is 55.7 Å². The molecule has 0 unspecified atom stereocenters. The molecule has 1 aliphatic heterocycles. The Morgan fingerprint density at radius 1 is 1.09 bits per heavy atom. The van der Waals surface area contributed by atoms with E-state index in [1.54, 1.807) is 0 Å². The minimum absolute atomic E-state index is 0.0709. The quantitative estimate of drug-likeness (QED) is 0.322. The maximum Gasteiger partial charge on any atom is 0.339 e. The molecule has 9 nitrogen and oxygen atoms in total. The van der Waals surface area contributed by atoms with E-state index in [9.17, 15) is 22.8 Å². The molecule has 0 aromatic heterocycles. The molecule has 2 amide bonds. The normalized spacial score (nSPS) is 15.2. The first-order valence-electron chi connectivity index (χ1n) is 8.85. The molecule has 0 saturated carbocycles. The zero-order valence-corrected chi connectivity index (χ0v) is 19.1. The van der Waals surface area contributed by atoms with Gasteiger partial charge in [0.1, 0.15) is 11.4 Å². The third-order valence-electron chi connectivity index (χ3n) is 4.18. The average molecular weight is 498 g/mol. The number of esters is 1. The largest absolute Gasteiger partial charge is 0.493 e. The summed E-state index contributed by atoms with van der Waals surface area (Å²) in [6.07, 6.45) is 1.42. The van der Waals surface area contributed by atoms with Crippen LogP contribution in [0.2, 0.25) is 5.02 Å². The number of amides is 2. The second kappa shape index (κ2) is 9.63. The van der Waals surface area contributed by atoms with E-state index in [1.807, 2.05) is 0 Å². The third-order valence-corrected chi connectivity index (χ3v) is 6.58. The Morgan fingerprint density at radius 3 is 2.41 bits per heavy atom. The number of hydrogen-bond acceptors (Lipinski definition) is 9. The molecule has 0 atom stereocenters. The predicted molar refractivity (Wildman–Crippen MR) is 117 cm³/mol. The standard InChI is InChI=1S/C20H16ClNO8S2/c1-28-16-9-12(10-17-19(24)22(20(25)31-17)11-18(23)29-2)3-8-15(16)30-32(26,27)14-6-4-13(21)5-7-14/h3-10H,11H2,1-2H3/b17-10-. The molecule has 168 valence electrons. The molecule has 2 aromatic carbocycles. The highest BCUT2D eigenvalue weighted by Crippen LogP contribution is 2.35. The highest BCUT2D eigenvalue weighted by Gasteiger charge is 2.36. The lowest BCUT2D eigenvalue weighted by atomic mass is 10.2. The summed E-state index contributed by atoms with van der Waals surface area (Å²) < 4.78 is 39.9. The summed E-state index contributed by atoms with van der Waals surface area (Å²) >= 11 is 6.45. The van der Waals surface area contributed by atoms with Crippen LogP contribution in [0.25, 0.3) is 6.08 Å². The van der Waals surface area contributed by atoms with Gasteiger partial charge in [0.2, 0.25) is 0 Å². The highest BCUT2D eigenvalue weighted by atomic mass is 35.5. The van der Waals surface area contributed by atoms with Crippen LogP contribution in [-0.2, 0) is 24.4 Å². The van der Waals surface area contributed by atoms with Crippen molar-refractivity contribution in [3.63, 3.8) is 0 Å². The van der Waals surface area contributed by atoms with Gasteiger partial charge in [0.25, 0.3) is 11.1 Å². The van der Waals surface area contributed by atoms with E-state index < -0.39 is 33.8 Å². The smallest absolute Gasteiger partial charge is 0.339 e. The van der Waals surface area contributed by atoms with Crippen molar-refractivity contribution in [1.82, 2.24) is 4.90 Å². The van der Waals surface area contributed by atoms with Crippen LogP contribution < -0.4 is 8.92 Å². The first-order chi connectivity index (χ1) is 15.1. The minimum Gasteiger partial charge on any atom is -0.493 e. The van der Waals surface area contributed by atoms with Gasteiger partial charge in [-0.15, -0.1) is 0 Å². The van der Waals surface area contributed by atoms with Crippen LogP contribution in [0.3, 0.4) is 0 Å². The molecule has 0 spiro atoms. The third kappa shape index (κ3) is 5.23. The van der Waals surface area contributed by atoms with E-state index in [2.05, 4.69) is 4.74 Å². The maximum absolute atomic E-state index is 12.5. The second-order valence-corrected chi connectivity index (χ2v) is 9.22. The number of rotatable bonds is 7. The van der Waals surface area contributed by atoms with Gasteiger partial charge in [0.05, 0.1) is 19.1 Å². The lowest BCUT2D eigenvalue weighted by Crippen LogP contribution is -2.34. The Bertz CT molecular complexity index is 1210. The number of methoxy groups -OCH3 is 2. The molecule has 1 aliphatic rings. The molecule has 0 radical (unpaired) electrons. The molecule has 1 fully saturated rings. The molecule has 0 N–H and O–H groups in total. The van der Waals surface area contributed by atoms with Crippen LogP contribution in [0.15, 0.2) is 52.3 Å². The molecule has 0 aliphatic carbocycles. The average Bonchev–Trinajstić information content (AvgIpc) is 3.02. The fourth-order valence-electron chi connectivity index (χ4n) is 2.59. The number of halogens is 1. The summed E-state index contributed by atoms with van der Waals surface area (Å²) in [7, 11) is -1.67. The number of carbonyl (C=O) groups excluding carboxylic acids is 3. The fraction of sp³-hybridized carbons (Fsp3) is 0.150. The molecule has 2 aromatic rings. The number of hydrogen-bond donors (Lipinski definition) is 0. The summed E-state index contributed by atoms with van der Waals surface area (Å²) in [5.74, 6) is -1.35. The van der Waals surface area contributed by atoms with Gasteiger partial charge in [-0.2, -0.15) is 8.42 Å². The van der Waals surface area contributed by atoms with Gasteiger partial charge in [-0.1, -0.05) is 17.7 Å². The second-order valence-electron chi connectivity index (χ2n) is 6.25. The molecular formula is C20H16ClNO8S2. The number of ether oxygens (including phenoxy) is 2. The van der Waals surface area contributed by atoms with Gasteiger partial charge in [-0.3, -0.25) is 19.3 Å². The molecule has 3 rings (SSSR count). The summed E-state index contributed by atoms with van der Waals surface area (Å²) in [4.78, 5) is 36.6. The van der Waals surface area contributed by atoms with Crippen molar-refractivity contribution in [3.8, 4) is 11.5 Å². The number of carbonyl (C=O) groups is 3. The Kier molecular flexibility index (Phi) is 7.12. The number of imide groups is 1. The Hall–Kier alpha value is -3.02. The van der Waals surface area contributed by atoms with Gasteiger partial charge < -0.3 is 13.7 Å². The molecule has 1 saturated heterocycles. The summed E-state index contributed by atoms with van der Waals surface area (Å²) in [5.41, 5.74) is 0.446. The van der Waals surface area contributed by atoms with Crippen molar-refractivity contribution in [3.05, 3.63) is 58.0 Å². The molecule has 0 bridgehead atoms. The Balaban J connectivity index is 1.84. The SMILES string of the molecule is COC(=O)CN1C(=O)S/C(=C\c2ccc(OS(=O)(=O)c3ccc(Cl)cc3)c(OC)c2)C1=O. The number of nitrogens with zero attached hydrogens (tertiary/aromatic N) is 1. The van der Waals surface area contributed by atoms with E-state index in [0.29, 0.717) is 22.3 Å². The lowest BCUT2D eigenvalue weighted by molar-refractivity contribution is -0.143. The van der Waals surface area contributed by atoms with Gasteiger partial charge in [-0.25, -0.2) is 0 Å². The van der Waals surface area contributed by atoms with E-state index in [-0.39, 0.29) is 21.3 Å². The van der Waals surface area contributed by atoms with Crippen LogP contribution in [0.4, 0.5) is 4.79 Å². The van der Waals surface area contributed by atoms with Crippen molar-refractivity contribution < 1.29 is 36.5 Å². The number of thioether (sulfide) groups is 1. The maximum atomic E-state index is 12.5. The van der Waals surface area contributed by atoms with E-state index >= 15 is 0 Å². The van der Waals surface area contributed by atoms with Crippen LogP contribution in [0, 0.1) is 0 Å². The summed E-state index contributed by atoms with van der Waals surface area (Å²) in [6, 6.07) is 9.75. The van der Waals surface area contributed by atoms with Crippen molar-refractivity contribution in [2.75, 3.05) is 20.8 Å². The van der Waals surface area contributed by atoms with Gasteiger partial charge in [0, 0.05) is 5.02 Å². The zero-order valence-electron chi connectivity index (χ0n) is 16.7. The van der Waals surface area contributed by atoms with E-state index in [4.69, 9.17) is 20.5 Å². The highest BCUT2D eigenvalue weighted by molar-refractivity contribution is 8.18. The van der Waals surface area contributed by atoms with Crippen molar-refractivity contribution in [2.45, 2.75) is 4.90 Å². The van der Waals surface area contributed by atoms with Gasteiger partial charge in [0.15, 0.2) is 11.5 Å². The fourth-order valence-corrected chi connectivity index (χ4v) is 4.50. The van der Waals surface area contributed by atoms with Crippen LogP contribution in [-0.4, -0.2) is 51.2 Å². The Morgan fingerprint density at radius 2 is 1.78 bits per heavy atom. The van der Waals surface area contributed by atoms with Crippen LogP contribution >= 0.6 is 23.4 Å². The van der Waals surface area contributed by atoms with Crippen molar-refractivity contribution >= 4 is 56.7 Å². The van der Waals surface area contributed by atoms with Crippen molar-refractivity contribution in [2.24, 2.45) is 0 Å². The monoisotopic (exact) mass is 497 g/mol. The molecular weight excluding hydrogens is 482 g/mol. The lowest BCUT2D eigenvalue weighted by Gasteiger charge is -2.12. The summed E-state index contributed by atoms with van der Waals surface area (Å²) in [6.45, 7) is -0.489. The van der Waals surface area contributed by atoms with Crippen LogP contribution in [0.5, 0.6) is 11.5 Å². The van der Waals surface area contributed by atoms with Crippen molar-refractivity contribution in [1.29, 1.82) is 0 Å². The first-order valence-corrected chi connectivity index (χ1v) is 11.4. The summed E-state index contributed by atoms with van der Waals surface area (Å²) in [5, 5.41) is -0.227. The van der Waals surface area contributed by atoms with Gasteiger partial charge in [-0.05, 0) is 59.8 Å². The first kappa shape index (κ1) is 23.6. The van der Waals surface area contributed by atoms with Crippen LogP contribution in [0.1, 0.15) is 5.56 Å². The minimum atomic E-state index is -4.14. The molecule has 12 heteroatoms. The Labute approximate surface area is 193 Å². The topological polar surface area (TPSA) is 116 Å². The zero-order chi connectivity index (χ0) is 23.5. The molecule has 1 heterocycles. The predicted octanol–water partition coefficient (Wildman–Crippen LogP) is 3.33. The number of benzene rings is 2.